The molecule has 1 aliphatic rings. The summed E-state index contributed by atoms with van der Waals surface area (Å²) in [5.74, 6) is -2.31. The van der Waals surface area contributed by atoms with Crippen LogP contribution in [0.5, 0.6) is 0 Å². The van der Waals surface area contributed by atoms with Crippen LogP contribution in [-0.2, 0) is 16.1 Å². The van der Waals surface area contributed by atoms with Gasteiger partial charge in [-0.25, -0.2) is 9.59 Å². The van der Waals surface area contributed by atoms with Crippen molar-refractivity contribution in [1.82, 2.24) is 14.8 Å². The molecule has 2 N–H and O–H groups in total. The van der Waals surface area contributed by atoms with Crippen LogP contribution in [0.1, 0.15) is 33.1 Å². The van der Waals surface area contributed by atoms with Gasteiger partial charge in [-0.1, -0.05) is 11.6 Å². The summed E-state index contributed by atoms with van der Waals surface area (Å²) in [6.07, 6.45) is 2.83. The lowest BCUT2D eigenvalue weighted by Gasteiger charge is -2.25. The van der Waals surface area contributed by atoms with Gasteiger partial charge in [-0.3, -0.25) is 19.8 Å². The van der Waals surface area contributed by atoms with Crippen LogP contribution in [0.2, 0.25) is 5.02 Å². The molecule has 0 aliphatic carbocycles. The average Bonchev–Trinajstić information content (AvgIpc) is 3.36. The molecule has 0 bridgehead atoms. The van der Waals surface area contributed by atoms with E-state index in [-0.39, 0.29) is 22.7 Å². The highest BCUT2D eigenvalue weighted by atomic mass is 35.5. The predicted octanol–water partition coefficient (Wildman–Crippen LogP) is 3.70. The Morgan fingerprint density at radius 3 is 2.61 bits per heavy atom. The van der Waals surface area contributed by atoms with Gasteiger partial charge < -0.3 is 14.1 Å². The van der Waals surface area contributed by atoms with Gasteiger partial charge in [0.1, 0.15) is 11.3 Å². The third-order valence-electron chi connectivity index (χ3n) is 5.29. The van der Waals surface area contributed by atoms with Crippen molar-refractivity contribution in [3.63, 3.8) is 0 Å². The number of nitrogens with one attached hydrogen (secondary N) is 1. The van der Waals surface area contributed by atoms with Crippen molar-refractivity contribution in [1.29, 1.82) is 0 Å². The minimum atomic E-state index is -1.16. The van der Waals surface area contributed by atoms with Crippen molar-refractivity contribution >= 4 is 41.5 Å². The summed E-state index contributed by atoms with van der Waals surface area (Å²) in [6, 6.07) is 8.79. The van der Waals surface area contributed by atoms with E-state index in [1.807, 2.05) is 0 Å². The molecule has 1 saturated heterocycles. The summed E-state index contributed by atoms with van der Waals surface area (Å²) in [6.45, 7) is 3.45. The fourth-order valence-electron chi connectivity index (χ4n) is 3.70. The van der Waals surface area contributed by atoms with Gasteiger partial charge in [-0.05, 0) is 61.9 Å². The Hall–Kier alpha value is -4.11. The lowest BCUT2D eigenvalue weighted by Crippen LogP contribution is -2.53. The number of carboxylic acid groups (broad SMARTS) is 1. The van der Waals surface area contributed by atoms with Crippen LogP contribution in [0.4, 0.5) is 4.79 Å². The van der Waals surface area contributed by atoms with E-state index in [0.717, 1.165) is 10.6 Å². The number of carboxylic acids is 1. The van der Waals surface area contributed by atoms with Gasteiger partial charge in [-0.2, -0.15) is 0 Å². The lowest BCUT2D eigenvalue weighted by atomic mass is 10.1. The SMILES string of the molecule is Cc1cc(/C=C2/C(=O)NC(=O)N(Cc3ccco3)C2=O)c(C)n1-c1ccc(Cl)c(C(=O)O)c1. The number of aromatic nitrogens is 1. The van der Waals surface area contributed by atoms with Crippen molar-refractivity contribution < 1.29 is 28.7 Å². The van der Waals surface area contributed by atoms with Gasteiger partial charge in [-0.15, -0.1) is 0 Å². The number of rotatable bonds is 5. The van der Waals surface area contributed by atoms with Crippen molar-refractivity contribution in [2.24, 2.45) is 0 Å². The number of benzene rings is 1. The Morgan fingerprint density at radius 2 is 1.94 bits per heavy atom. The first kappa shape index (κ1) is 22.1. The fraction of sp³-hybridized carbons (Fsp3) is 0.130. The van der Waals surface area contributed by atoms with Crippen LogP contribution in [0.25, 0.3) is 11.8 Å². The molecule has 10 heteroatoms. The van der Waals surface area contributed by atoms with E-state index in [2.05, 4.69) is 5.32 Å². The topological polar surface area (TPSA) is 122 Å². The number of aryl methyl sites for hydroxylation is 1. The van der Waals surface area contributed by atoms with Gasteiger partial charge in [0.25, 0.3) is 11.8 Å². The molecule has 1 aromatic carbocycles. The average molecular weight is 468 g/mol. The molecule has 3 aromatic rings. The molecule has 0 radical (unpaired) electrons. The number of hydrogen-bond acceptors (Lipinski definition) is 5. The zero-order chi connectivity index (χ0) is 23.9. The molecule has 0 saturated carbocycles. The predicted molar refractivity (Wildman–Crippen MR) is 118 cm³/mol. The van der Waals surface area contributed by atoms with Crippen molar-refractivity contribution in [2.75, 3.05) is 0 Å². The molecule has 168 valence electrons. The maximum atomic E-state index is 13.0. The summed E-state index contributed by atoms with van der Waals surface area (Å²) in [5.41, 5.74) is 2.27. The maximum Gasteiger partial charge on any atom is 0.337 e. The molecule has 1 aliphatic heterocycles. The van der Waals surface area contributed by atoms with E-state index in [9.17, 15) is 24.3 Å². The Kier molecular flexibility index (Phi) is 5.65. The normalized spacial score (nSPS) is 15.3. The summed E-state index contributed by atoms with van der Waals surface area (Å²) < 4.78 is 6.99. The number of carbonyl (C=O) groups is 4. The maximum absolute atomic E-state index is 13.0. The molecule has 33 heavy (non-hydrogen) atoms. The van der Waals surface area contributed by atoms with Gasteiger partial charge in [0.2, 0.25) is 0 Å². The van der Waals surface area contributed by atoms with Crippen LogP contribution in [0, 0.1) is 13.8 Å². The number of imide groups is 2. The fourth-order valence-corrected chi connectivity index (χ4v) is 3.90. The Labute approximate surface area is 192 Å². The minimum Gasteiger partial charge on any atom is -0.478 e. The van der Waals surface area contributed by atoms with Crippen LogP contribution in [-0.4, -0.2) is 38.4 Å². The minimum absolute atomic E-state index is 0.0458. The third-order valence-corrected chi connectivity index (χ3v) is 5.62. The molecular weight excluding hydrogens is 450 g/mol. The van der Waals surface area contributed by atoms with Crippen molar-refractivity contribution in [3.05, 3.63) is 81.5 Å². The van der Waals surface area contributed by atoms with Crippen LogP contribution >= 0.6 is 11.6 Å². The second-order valence-electron chi connectivity index (χ2n) is 7.42. The smallest absolute Gasteiger partial charge is 0.337 e. The van der Waals surface area contributed by atoms with E-state index in [1.54, 1.807) is 42.7 Å². The second kappa shape index (κ2) is 8.44. The molecule has 9 nitrogen and oxygen atoms in total. The molecule has 1 fully saturated rings. The van der Waals surface area contributed by atoms with Gasteiger partial charge in [0.05, 0.1) is 23.4 Å². The molecular formula is C23H18ClN3O6. The van der Waals surface area contributed by atoms with Crippen LogP contribution in [0.15, 0.2) is 52.7 Å². The zero-order valence-corrected chi connectivity index (χ0v) is 18.3. The highest BCUT2D eigenvalue weighted by molar-refractivity contribution is 6.33. The summed E-state index contributed by atoms with van der Waals surface area (Å²) in [5, 5.41) is 11.7. The number of barbiturate groups is 1. The molecule has 4 amide bonds. The Bertz CT molecular complexity index is 1340. The number of furan rings is 1. The van der Waals surface area contributed by atoms with Crippen molar-refractivity contribution in [3.8, 4) is 5.69 Å². The number of aromatic carboxylic acids is 1. The van der Waals surface area contributed by atoms with Gasteiger partial charge in [0.15, 0.2) is 0 Å². The van der Waals surface area contributed by atoms with Crippen LogP contribution < -0.4 is 5.32 Å². The molecule has 0 unspecified atom stereocenters. The molecule has 0 atom stereocenters. The molecule has 0 spiro atoms. The highest BCUT2D eigenvalue weighted by Crippen LogP contribution is 2.27. The van der Waals surface area contributed by atoms with E-state index < -0.39 is 23.8 Å². The van der Waals surface area contributed by atoms with E-state index >= 15 is 0 Å². The monoisotopic (exact) mass is 467 g/mol. The second-order valence-corrected chi connectivity index (χ2v) is 7.83. The quantitative estimate of drug-likeness (QED) is 0.436. The van der Waals surface area contributed by atoms with E-state index in [1.165, 1.54) is 24.5 Å². The number of amides is 4. The Morgan fingerprint density at radius 1 is 1.18 bits per heavy atom. The Balaban J connectivity index is 1.73. The number of hydrogen-bond donors (Lipinski definition) is 2. The van der Waals surface area contributed by atoms with E-state index in [4.69, 9.17) is 16.0 Å². The lowest BCUT2D eigenvalue weighted by molar-refractivity contribution is -0.130. The first-order valence-corrected chi connectivity index (χ1v) is 10.2. The van der Waals surface area contributed by atoms with E-state index in [0.29, 0.717) is 22.7 Å². The number of halogens is 1. The number of carbonyl (C=O) groups excluding carboxylic acids is 3. The third kappa shape index (κ3) is 4.06. The zero-order valence-electron chi connectivity index (χ0n) is 17.6. The first-order chi connectivity index (χ1) is 15.7. The van der Waals surface area contributed by atoms with Crippen LogP contribution in [0.3, 0.4) is 0 Å². The standard InChI is InChI=1S/C23H18ClN3O6/c1-12-8-14(13(2)27(12)15-5-6-19(24)17(10-15)22(30)31)9-18-20(28)25-23(32)26(21(18)29)11-16-4-3-7-33-16/h3-10H,11H2,1-2H3,(H,30,31)(H,25,28,32)/b18-9-. The highest BCUT2D eigenvalue weighted by Gasteiger charge is 2.36. The van der Waals surface area contributed by atoms with Gasteiger partial charge >= 0.3 is 12.0 Å². The summed E-state index contributed by atoms with van der Waals surface area (Å²) in [4.78, 5) is 50.0. The summed E-state index contributed by atoms with van der Waals surface area (Å²) >= 11 is 5.98. The molecule has 2 aromatic heterocycles. The molecule has 4 rings (SSSR count). The summed E-state index contributed by atoms with van der Waals surface area (Å²) in [7, 11) is 0. The first-order valence-electron chi connectivity index (χ1n) is 9.80. The van der Waals surface area contributed by atoms with Gasteiger partial charge in [0, 0.05) is 17.1 Å². The number of nitrogens with zero attached hydrogens (tertiary/aromatic N) is 2. The largest absolute Gasteiger partial charge is 0.478 e. The molecule has 3 heterocycles. The van der Waals surface area contributed by atoms with Crippen molar-refractivity contribution in [2.45, 2.75) is 20.4 Å². The number of urea groups is 1.